The summed E-state index contributed by atoms with van der Waals surface area (Å²) < 4.78 is 0. The Hall–Kier alpha value is -2.83. The number of hydrogen-bond donors (Lipinski definition) is 1. The van der Waals surface area contributed by atoms with Crippen LogP contribution < -0.4 is 5.32 Å². The zero-order chi connectivity index (χ0) is 28.2. The number of hydrogen-bond acceptors (Lipinski definition) is 5. The van der Waals surface area contributed by atoms with Crippen LogP contribution in [0.2, 0.25) is 0 Å². The van der Waals surface area contributed by atoms with Crippen LogP contribution in [0.15, 0.2) is 78.8 Å². The monoisotopic (exact) mass is 537 g/mol. The first-order chi connectivity index (χ1) is 18.5. The van der Waals surface area contributed by atoms with E-state index in [-0.39, 0.29) is 11.9 Å². The number of aldehydes is 1. The SMILES string of the molecule is C=CC(=CC(C=C)NC)/C(=C/CC)C/C=C\CCC.C=CCCC(=O)N1CCC(c2nc(C=O)cs2)CC1. The van der Waals surface area contributed by atoms with Crippen molar-refractivity contribution in [1.82, 2.24) is 15.2 Å². The minimum atomic E-state index is 0.188. The van der Waals surface area contributed by atoms with Gasteiger partial charge in [-0.1, -0.05) is 69.4 Å². The Morgan fingerprint density at radius 1 is 1.21 bits per heavy atom. The number of carbonyl (C=O) groups is 2. The van der Waals surface area contributed by atoms with Crippen molar-refractivity contribution in [2.75, 3.05) is 20.1 Å². The average molecular weight is 538 g/mol. The summed E-state index contributed by atoms with van der Waals surface area (Å²) >= 11 is 1.55. The standard InChI is InChI=1S/C18H29N.C14H18N2O2S/c1-6-10-11-12-14-17(13-7-2)16(8-3)15-18(9-4)19-5;1-2-3-4-13(18)16-7-5-11(6-8-16)14-15-12(9-17)10-19-14/h8-9,11-13,15,18-19H,3-4,6-7,10,14H2,1-2,5H3;2,9-11H,1,3-8H2/b12-11-,16-15?,17-13+;. The summed E-state index contributed by atoms with van der Waals surface area (Å²) in [5.74, 6) is 0.605. The van der Waals surface area contributed by atoms with Crippen LogP contribution >= 0.6 is 11.3 Å². The van der Waals surface area contributed by atoms with Gasteiger partial charge in [-0.25, -0.2) is 4.98 Å². The summed E-state index contributed by atoms with van der Waals surface area (Å²) in [6, 6.07) is 0.188. The largest absolute Gasteiger partial charge is 0.343 e. The molecule has 0 bridgehead atoms. The van der Waals surface area contributed by atoms with Gasteiger partial charge in [0.05, 0.1) is 5.01 Å². The van der Waals surface area contributed by atoms with Gasteiger partial charge in [0.2, 0.25) is 5.91 Å². The first-order valence-electron chi connectivity index (χ1n) is 13.7. The molecule has 1 fully saturated rings. The molecule has 6 heteroatoms. The van der Waals surface area contributed by atoms with Crippen LogP contribution in [-0.4, -0.2) is 48.3 Å². The number of piperidine rings is 1. The molecule has 208 valence electrons. The van der Waals surface area contributed by atoms with E-state index in [1.165, 1.54) is 17.6 Å². The zero-order valence-electron chi connectivity index (χ0n) is 23.7. The lowest BCUT2D eigenvalue weighted by atomic mass is 9.97. The molecule has 0 saturated carbocycles. The third kappa shape index (κ3) is 12.1. The molecule has 1 unspecified atom stereocenters. The van der Waals surface area contributed by atoms with Gasteiger partial charge in [-0.15, -0.1) is 24.5 Å². The molecule has 1 aliphatic rings. The summed E-state index contributed by atoms with van der Waals surface area (Å²) in [6.07, 6.45) is 22.9. The Kier molecular flexibility index (Phi) is 17.6. The number of amides is 1. The van der Waals surface area contributed by atoms with E-state index in [1.807, 2.05) is 24.1 Å². The van der Waals surface area contributed by atoms with Gasteiger partial charge in [0.1, 0.15) is 5.69 Å². The maximum absolute atomic E-state index is 11.9. The lowest BCUT2D eigenvalue weighted by Crippen LogP contribution is -2.37. The molecular formula is C32H47N3O2S. The number of aromatic nitrogens is 1. The Balaban J connectivity index is 0.000000380. The van der Waals surface area contributed by atoms with Crippen LogP contribution in [0.5, 0.6) is 0 Å². The van der Waals surface area contributed by atoms with E-state index in [4.69, 9.17) is 0 Å². The number of carbonyl (C=O) groups excluding carboxylic acids is 2. The number of thiazole rings is 1. The Bertz CT molecular complexity index is 965. The topological polar surface area (TPSA) is 62.3 Å². The second kappa shape index (κ2) is 20.2. The summed E-state index contributed by atoms with van der Waals surface area (Å²) in [4.78, 5) is 28.7. The van der Waals surface area contributed by atoms with Crippen molar-refractivity contribution in [2.24, 2.45) is 0 Å². The van der Waals surface area contributed by atoms with Gasteiger partial charge in [-0.3, -0.25) is 9.59 Å². The molecule has 0 aliphatic carbocycles. The van der Waals surface area contributed by atoms with Crippen LogP contribution in [0.3, 0.4) is 0 Å². The minimum absolute atomic E-state index is 0.188. The van der Waals surface area contributed by atoms with Crippen LogP contribution in [0.25, 0.3) is 0 Å². The van der Waals surface area contributed by atoms with Gasteiger partial charge in [0, 0.05) is 36.9 Å². The molecule has 1 atom stereocenters. The van der Waals surface area contributed by atoms with Crippen molar-refractivity contribution in [2.45, 2.75) is 77.2 Å². The average Bonchev–Trinajstić information content (AvgIpc) is 3.44. The number of likely N-dealkylation sites (N-methyl/N-ethyl adjacent to an activating group) is 1. The molecule has 0 spiro atoms. The maximum atomic E-state index is 11.9. The van der Waals surface area contributed by atoms with Gasteiger partial charge in [-0.2, -0.15) is 0 Å². The zero-order valence-corrected chi connectivity index (χ0v) is 24.5. The second-order valence-electron chi connectivity index (χ2n) is 9.19. The third-order valence-electron chi connectivity index (χ3n) is 6.37. The molecule has 1 aromatic rings. The highest BCUT2D eigenvalue weighted by Gasteiger charge is 2.25. The maximum Gasteiger partial charge on any atom is 0.222 e. The Morgan fingerprint density at radius 2 is 1.95 bits per heavy atom. The van der Waals surface area contributed by atoms with Crippen molar-refractivity contribution in [1.29, 1.82) is 0 Å². The predicted octanol–water partition coefficient (Wildman–Crippen LogP) is 7.58. The molecule has 5 nitrogen and oxygen atoms in total. The molecule has 1 aromatic heterocycles. The number of unbranched alkanes of at least 4 members (excludes halogenated alkanes) is 1. The molecule has 1 aliphatic heterocycles. The third-order valence-corrected chi connectivity index (χ3v) is 7.39. The lowest BCUT2D eigenvalue weighted by molar-refractivity contribution is -0.132. The van der Waals surface area contributed by atoms with E-state index < -0.39 is 0 Å². The quantitative estimate of drug-likeness (QED) is 0.142. The van der Waals surface area contributed by atoms with Gasteiger partial charge in [0.15, 0.2) is 6.29 Å². The predicted molar refractivity (Wildman–Crippen MR) is 164 cm³/mol. The molecular weight excluding hydrogens is 490 g/mol. The van der Waals surface area contributed by atoms with Gasteiger partial charge < -0.3 is 10.2 Å². The van der Waals surface area contributed by atoms with Gasteiger partial charge >= 0.3 is 0 Å². The number of likely N-dealkylation sites (tertiary alicyclic amines) is 1. The van der Waals surface area contributed by atoms with E-state index in [0.29, 0.717) is 18.0 Å². The summed E-state index contributed by atoms with van der Waals surface area (Å²) in [6.45, 7) is 17.3. The van der Waals surface area contributed by atoms with Crippen molar-refractivity contribution in [3.05, 3.63) is 89.5 Å². The van der Waals surface area contributed by atoms with Crippen molar-refractivity contribution in [3.63, 3.8) is 0 Å². The normalized spacial score (nSPS) is 15.5. The van der Waals surface area contributed by atoms with Gasteiger partial charge in [-0.05, 0) is 56.7 Å². The molecule has 1 N–H and O–H groups in total. The van der Waals surface area contributed by atoms with Crippen molar-refractivity contribution < 1.29 is 9.59 Å². The molecule has 1 amide bonds. The summed E-state index contributed by atoms with van der Waals surface area (Å²) in [5, 5.41) is 6.03. The highest BCUT2D eigenvalue weighted by Crippen LogP contribution is 2.30. The highest BCUT2D eigenvalue weighted by atomic mass is 32.1. The fourth-order valence-corrected chi connectivity index (χ4v) is 5.07. The molecule has 38 heavy (non-hydrogen) atoms. The Morgan fingerprint density at radius 3 is 2.47 bits per heavy atom. The van der Waals surface area contributed by atoms with Crippen molar-refractivity contribution in [3.8, 4) is 0 Å². The van der Waals surface area contributed by atoms with E-state index in [9.17, 15) is 9.59 Å². The van der Waals surface area contributed by atoms with Crippen LogP contribution in [0, 0.1) is 0 Å². The van der Waals surface area contributed by atoms with Gasteiger partial charge in [0.25, 0.3) is 0 Å². The second-order valence-corrected chi connectivity index (χ2v) is 10.1. The number of rotatable bonds is 15. The van der Waals surface area contributed by atoms with Crippen LogP contribution in [-0.2, 0) is 4.79 Å². The number of nitrogens with zero attached hydrogens (tertiary/aromatic N) is 2. The minimum Gasteiger partial charge on any atom is -0.343 e. The van der Waals surface area contributed by atoms with Crippen LogP contribution in [0.4, 0.5) is 0 Å². The van der Waals surface area contributed by atoms with E-state index in [1.54, 1.807) is 22.8 Å². The molecule has 2 rings (SSSR count). The van der Waals surface area contributed by atoms with Crippen LogP contribution in [0.1, 0.15) is 86.6 Å². The van der Waals surface area contributed by atoms with E-state index in [2.05, 4.69) is 68.2 Å². The summed E-state index contributed by atoms with van der Waals surface area (Å²) in [5.41, 5.74) is 3.05. The van der Waals surface area contributed by atoms with Crippen molar-refractivity contribution >= 4 is 23.5 Å². The fraction of sp³-hybridized carbons (Fsp3) is 0.469. The lowest BCUT2D eigenvalue weighted by Gasteiger charge is -2.31. The number of allylic oxidation sites excluding steroid dienone is 7. The first-order valence-corrected chi connectivity index (χ1v) is 14.6. The summed E-state index contributed by atoms with van der Waals surface area (Å²) in [7, 11) is 1.94. The first kappa shape index (κ1) is 33.2. The highest BCUT2D eigenvalue weighted by molar-refractivity contribution is 7.09. The Labute approximate surface area is 234 Å². The number of nitrogens with one attached hydrogen (secondary N) is 1. The fourth-order valence-electron chi connectivity index (χ4n) is 4.13. The smallest absolute Gasteiger partial charge is 0.222 e. The molecule has 0 radical (unpaired) electrons. The van der Waals surface area contributed by atoms with E-state index >= 15 is 0 Å². The van der Waals surface area contributed by atoms with E-state index in [0.717, 1.165) is 62.9 Å². The molecule has 2 heterocycles. The molecule has 0 aromatic carbocycles. The molecule has 1 saturated heterocycles.